The van der Waals surface area contributed by atoms with Crippen LogP contribution < -0.4 is 5.32 Å². The van der Waals surface area contributed by atoms with E-state index in [0.717, 1.165) is 35.3 Å². The third-order valence-corrected chi connectivity index (χ3v) is 7.20. The second-order valence-corrected chi connectivity index (χ2v) is 9.54. The molecule has 2 saturated carbocycles. The molecule has 1 aromatic rings. The Balaban J connectivity index is 1.43. The molecule has 7 nitrogen and oxygen atoms in total. The van der Waals surface area contributed by atoms with E-state index in [1.165, 1.54) is 0 Å². The van der Waals surface area contributed by atoms with Gasteiger partial charge in [0.2, 0.25) is 11.8 Å². The fourth-order valence-electron chi connectivity index (χ4n) is 5.79. The quantitative estimate of drug-likeness (QED) is 0.558. The number of para-hydroxylation sites is 1. The van der Waals surface area contributed by atoms with Crippen LogP contribution in [0.4, 0.5) is 5.69 Å². The number of amides is 3. The zero-order valence-electron chi connectivity index (χ0n) is 18.5. The lowest BCUT2D eigenvalue weighted by atomic mass is 9.81. The lowest BCUT2D eigenvalue weighted by Gasteiger charge is -2.28. The number of aryl methyl sites for hydroxylation is 2. The molecule has 4 rings (SSSR count). The smallest absolute Gasteiger partial charge is 0.330 e. The molecule has 2 aliphatic carbocycles. The Morgan fingerprint density at radius 3 is 2.13 bits per heavy atom. The molecular formula is C24H30N2O5. The number of hydrogen-bond acceptors (Lipinski definition) is 5. The van der Waals surface area contributed by atoms with Gasteiger partial charge in [-0.25, -0.2) is 4.79 Å². The first-order valence-corrected chi connectivity index (χ1v) is 11.1. The van der Waals surface area contributed by atoms with E-state index in [2.05, 4.69) is 5.32 Å². The van der Waals surface area contributed by atoms with Gasteiger partial charge in [0, 0.05) is 5.69 Å². The summed E-state index contributed by atoms with van der Waals surface area (Å²) in [5, 5.41) is 2.78. The van der Waals surface area contributed by atoms with E-state index < -0.39 is 24.5 Å². The molecular weight excluding hydrogens is 396 g/mol. The molecule has 1 heterocycles. The molecule has 2 bridgehead atoms. The predicted molar refractivity (Wildman–Crippen MR) is 114 cm³/mol. The van der Waals surface area contributed by atoms with Crippen molar-refractivity contribution in [2.75, 3.05) is 11.9 Å². The number of likely N-dealkylation sites (tertiary alicyclic amines) is 1. The Labute approximate surface area is 182 Å². The molecule has 0 aromatic heterocycles. The number of benzene rings is 1. The molecule has 7 heteroatoms. The standard InChI is InChI=1S/C24H30N2O5/c1-12(2)21(26-22(28)18-15-8-9-16(10-15)19(18)23(26)29)24(30)31-11-17(27)25-20-13(3)6-5-7-14(20)4/h5-7,12,15-16,18-19,21H,8-11H2,1-4H3,(H,25,27)/t15-,16-,18-,19+,21+/m0/s1. The molecule has 5 atom stereocenters. The van der Waals surface area contributed by atoms with E-state index in [1.54, 1.807) is 13.8 Å². The molecule has 3 aliphatic rings. The molecule has 1 saturated heterocycles. The zero-order valence-corrected chi connectivity index (χ0v) is 18.5. The SMILES string of the molecule is Cc1cccc(C)c1NC(=O)COC(=O)[C@@H](C(C)C)N1C(=O)[C@@H]2[C@H]3CC[C@@H](C3)[C@@H]2C1=O. The van der Waals surface area contributed by atoms with Gasteiger partial charge in [-0.3, -0.25) is 19.3 Å². The lowest BCUT2D eigenvalue weighted by Crippen LogP contribution is -2.50. The van der Waals surface area contributed by atoms with Crippen molar-refractivity contribution in [1.82, 2.24) is 4.90 Å². The molecule has 1 aliphatic heterocycles. The minimum Gasteiger partial charge on any atom is -0.454 e. The van der Waals surface area contributed by atoms with Crippen molar-refractivity contribution in [3.63, 3.8) is 0 Å². The number of anilines is 1. The summed E-state index contributed by atoms with van der Waals surface area (Å²) in [5.74, 6) is -2.01. The Kier molecular flexibility index (Phi) is 5.62. The summed E-state index contributed by atoms with van der Waals surface area (Å²) < 4.78 is 5.28. The number of fused-ring (bicyclic) bond motifs is 5. The highest BCUT2D eigenvalue weighted by atomic mass is 16.5. The van der Waals surface area contributed by atoms with Crippen molar-refractivity contribution in [2.45, 2.75) is 53.0 Å². The monoisotopic (exact) mass is 426 g/mol. The van der Waals surface area contributed by atoms with E-state index in [1.807, 2.05) is 32.0 Å². The van der Waals surface area contributed by atoms with Crippen molar-refractivity contribution in [2.24, 2.45) is 29.6 Å². The van der Waals surface area contributed by atoms with Crippen molar-refractivity contribution in [1.29, 1.82) is 0 Å². The lowest BCUT2D eigenvalue weighted by molar-refractivity contribution is -0.162. The van der Waals surface area contributed by atoms with Crippen molar-refractivity contribution in [3.05, 3.63) is 29.3 Å². The Morgan fingerprint density at radius 1 is 1.06 bits per heavy atom. The summed E-state index contributed by atoms with van der Waals surface area (Å²) in [4.78, 5) is 52.7. The van der Waals surface area contributed by atoms with Crippen LogP contribution >= 0.6 is 0 Å². The third-order valence-electron chi connectivity index (χ3n) is 7.20. The number of nitrogens with zero attached hydrogens (tertiary/aromatic N) is 1. The van der Waals surface area contributed by atoms with Crippen LogP contribution in [-0.4, -0.2) is 41.2 Å². The first-order valence-electron chi connectivity index (χ1n) is 11.1. The molecule has 3 amide bonds. The summed E-state index contributed by atoms with van der Waals surface area (Å²) in [6, 6.07) is 4.67. The Hall–Kier alpha value is -2.70. The average Bonchev–Trinajstić information content (AvgIpc) is 3.39. The van der Waals surface area contributed by atoms with E-state index in [-0.39, 0.29) is 41.4 Å². The largest absolute Gasteiger partial charge is 0.454 e. The molecule has 0 radical (unpaired) electrons. The van der Waals surface area contributed by atoms with E-state index in [4.69, 9.17) is 4.74 Å². The van der Waals surface area contributed by atoms with E-state index in [0.29, 0.717) is 5.69 Å². The molecule has 0 spiro atoms. The van der Waals surface area contributed by atoms with Crippen LogP contribution in [-0.2, 0) is 23.9 Å². The summed E-state index contributed by atoms with van der Waals surface area (Å²) in [7, 11) is 0. The van der Waals surface area contributed by atoms with Gasteiger partial charge < -0.3 is 10.1 Å². The van der Waals surface area contributed by atoms with Gasteiger partial charge in [-0.05, 0) is 62.0 Å². The molecule has 0 unspecified atom stereocenters. The topological polar surface area (TPSA) is 92.8 Å². The van der Waals surface area contributed by atoms with Crippen molar-refractivity contribution in [3.8, 4) is 0 Å². The number of carbonyl (C=O) groups excluding carboxylic acids is 4. The highest BCUT2D eigenvalue weighted by molar-refractivity contribution is 6.08. The van der Waals surface area contributed by atoms with Crippen molar-refractivity contribution >= 4 is 29.4 Å². The van der Waals surface area contributed by atoms with Gasteiger partial charge in [-0.2, -0.15) is 0 Å². The van der Waals surface area contributed by atoms with Crippen LogP contribution in [0.2, 0.25) is 0 Å². The van der Waals surface area contributed by atoms with Crippen molar-refractivity contribution < 1.29 is 23.9 Å². The molecule has 1 N–H and O–H groups in total. The molecule has 166 valence electrons. The van der Waals surface area contributed by atoms with Gasteiger partial charge in [0.1, 0.15) is 6.04 Å². The van der Waals surface area contributed by atoms with Gasteiger partial charge >= 0.3 is 5.97 Å². The van der Waals surface area contributed by atoms with Gasteiger partial charge in [-0.15, -0.1) is 0 Å². The fraction of sp³-hybridized carbons (Fsp3) is 0.583. The number of ether oxygens (including phenoxy) is 1. The predicted octanol–water partition coefficient (Wildman–Crippen LogP) is 2.84. The molecule has 1 aromatic carbocycles. The number of imide groups is 1. The Morgan fingerprint density at radius 2 is 1.61 bits per heavy atom. The number of rotatable bonds is 6. The maximum atomic E-state index is 13.1. The van der Waals surface area contributed by atoms with E-state index >= 15 is 0 Å². The van der Waals surface area contributed by atoms with Crippen LogP contribution in [0.3, 0.4) is 0 Å². The first-order chi connectivity index (χ1) is 14.7. The van der Waals surface area contributed by atoms with Crippen LogP contribution in [0.15, 0.2) is 18.2 Å². The summed E-state index contributed by atoms with van der Waals surface area (Å²) >= 11 is 0. The first kappa shape index (κ1) is 21.5. The van der Waals surface area contributed by atoms with Crippen LogP contribution in [0.1, 0.15) is 44.2 Å². The van der Waals surface area contributed by atoms with Gasteiger partial charge in [0.05, 0.1) is 11.8 Å². The normalized spacial score (nSPS) is 27.6. The van der Waals surface area contributed by atoms with Gasteiger partial charge in [-0.1, -0.05) is 32.0 Å². The number of carbonyl (C=O) groups is 4. The van der Waals surface area contributed by atoms with Gasteiger partial charge in [0.25, 0.3) is 5.91 Å². The summed E-state index contributed by atoms with van der Waals surface area (Å²) in [6.45, 7) is 6.87. The van der Waals surface area contributed by atoms with Crippen LogP contribution in [0, 0.1) is 43.4 Å². The Bertz CT molecular complexity index is 892. The second kappa shape index (κ2) is 8.09. The highest BCUT2D eigenvalue weighted by Crippen LogP contribution is 2.56. The van der Waals surface area contributed by atoms with Crippen LogP contribution in [0.5, 0.6) is 0 Å². The van der Waals surface area contributed by atoms with Gasteiger partial charge in [0.15, 0.2) is 6.61 Å². The fourth-order valence-corrected chi connectivity index (χ4v) is 5.79. The molecule has 31 heavy (non-hydrogen) atoms. The van der Waals surface area contributed by atoms with Crippen LogP contribution in [0.25, 0.3) is 0 Å². The zero-order chi connectivity index (χ0) is 22.4. The number of hydrogen-bond donors (Lipinski definition) is 1. The number of esters is 1. The van der Waals surface area contributed by atoms with E-state index in [9.17, 15) is 19.2 Å². The third kappa shape index (κ3) is 3.64. The molecule has 3 fully saturated rings. The summed E-state index contributed by atoms with van der Waals surface area (Å²) in [6.07, 6.45) is 2.90. The minimum atomic E-state index is -1.00. The second-order valence-electron chi connectivity index (χ2n) is 9.54. The minimum absolute atomic E-state index is 0.238. The maximum absolute atomic E-state index is 13.1. The highest BCUT2D eigenvalue weighted by Gasteiger charge is 2.62. The maximum Gasteiger partial charge on any atom is 0.330 e. The summed E-state index contributed by atoms with van der Waals surface area (Å²) in [5.41, 5.74) is 2.51. The average molecular weight is 427 g/mol. The number of nitrogens with one attached hydrogen (secondary N) is 1.